The van der Waals surface area contributed by atoms with Gasteiger partial charge in [-0.25, -0.2) is 24.5 Å². The standard InChI is InChI=1S/C47H47N5O13/c1-5-59-44(55)38-39(45(56)60-6-2)65-46(64-38)63-37-36(53)34(62-43(37)52-27-50-35-40(48-26-49-41(35)52)51-42(54)28-13-9-7-10-14-28)25-61-47(29-15-11-8-12-16-29,30-17-21-32(57-3)22-18-30)31-19-23-33(58-4)24-20-31/h7-24,26-27,34,36-39,43,46,53H,5-6,25H2,1-4H3,(H,48,49,51,54)/t34-,36-,37-,38?,39?,43-,46?/m1/s1. The number of amides is 1. The van der Waals surface area contributed by atoms with Crippen molar-refractivity contribution in [2.24, 2.45) is 0 Å². The molecule has 2 aliphatic heterocycles. The minimum atomic E-state index is -1.70. The van der Waals surface area contributed by atoms with Crippen LogP contribution in [0.5, 0.6) is 11.5 Å². The molecule has 2 aliphatic rings. The normalized spacial score (nSPS) is 21.8. The number of esters is 2. The van der Waals surface area contributed by atoms with E-state index in [0.29, 0.717) is 17.1 Å². The van der Waals surface area contributed by atoms with Crippen molar-refractivity contribution in [1.29, 1.82) is 0 Å². The van der Waals surface area contributed by atoms with E-state index in [0.717, 1.165) is 16.7 Å². The van der Waals surface area contributed by atoms with Gasteiger partial charge in [-0.3, -0.25) is 9.36 Å². The maximum Gasteiger partial charge on any atom is 0.338 e. The van der Waals surface area contributed by atoms with Crippen molar-refractivity contribution in [1.82, 2.24) is 19.5 Å². The highest BCUT2D eigenvalue weighted by atomic mass is 16.9. The predicted octanol–water partition coefficient (Wildman–Crippen LogP) is 4.94. The highest BCUT2D eigenvalue weighted by molar-refractivity contribution is 6.06. The zero-order valence-corrected chi connectivity index (χ0v) is 35.8. The number of rotatable bonds is 17. The first kappa shape index (κ1) is 44.8. The van der Waals surface area contributed by atoms with Crippen LogP contribution in [0.15, 0.2) is 122 Å². The molecule has 18 nitrogen and oxygen atoms in total. The molecule has 8 rings (SSSR count). The number of methoxy groups -OCH3 is 2. The summed E-state index contributed by atoms with van der Waals surface area (Å²) in [6.45, 7) is 1.27. The van der Waals surface area contributed by atoms with Crippen LogP contribution in [-0.2, 0) is 48.3 Å². The second-order valence-electron chi connectivity index (χ2n) is 14.7. The Hall–Kier alpha value is -6.80. The largest absolute Gasteiger partial charge is 0.497 e. The van der Waals surface area contributed by atoms with Crippen LogP contribution >= 0.6 is 0 Å². The fourth-order valence-corrected chi connectivity index (χ4v) is 7.82. The van der Waals surface area contributed by atoms with Crippen LogP contribution in [0.4, 0.5) is 5.82 Å². The van der Waals surface area contributed by atoms with Crippen molar-refractivity contribution < 1.29 is 62.1 Å². The van der Waals surface area contributed by atoms with Gasteiger partial charge in [-0.05, 0) is 66.9 Å². The highest BCUT2D eigenvalue weighted by Gasteiger charge is 2.53. The summed E-state index contributed by atoms with van der Waals surface area (Å²) in [6, 6.07) is 33.1. The number of hydrogen-bond acceptors (Lipinski definition) is 16. The number of carbonyl (C=O) groups excluding carboxylic acids is 3. The zero-order chi connectivity index (χ0) is 45.5. The minimum Gasteiger partial charge on any atom is -0.497 e. The molecular formula is C47H47N5O13. The fraction of sp³-hybridized carbons (Fsp3) is 0.319. The number of anilines is 1. The van der Waals surface area contributed by atoms with Gasteiger partial charge >= 0.3 is 11.9 Å². The molecule has 2 aromatic heterocycles. The number of carbonyl (C=O) groups is 3. The number of benzene rings is 4. The molecule has 1 amide bonds. The highest BCUT2D eigenvalue weighted by Crippen LogP contribution is 2.44. The Morgan fingerprint density at radius 3 is 1.83 bits per heavy atom. The quantitative estimate of drug-likeness (QED) is 0.0918. The topological polar surface area (TPSA) is 210 Å². The maximum absolute atomic E-state index is 13.2. The van der Waals surface area contributed by atoms with E-state index in [1.807, 2.05) is 78.9 Å². The van der Waals surface area contributed by atoms with E-state index < -0.39 is 66.7 Å². The van der Waals surface area contributed by atoms with Gasteiger partial charge in [-0.15, -0.1) is 0 Å². The van der Waals surface area contributed by atoms with E-state index in [1.165, 1.54) is 17.2 Å². The van der Waals surface area contributed by atoms with E-state index in [-0.39, 0.29) is 36.8 Å². The molecule has 0 spiro atoms. The predicted molar refractivity (Wildman–Crippen MR) is 230 cm³/mol. The molecule has 2 saturated heterocycles. The van der Waals surface area contributed by atoms with Crippen LogP contribution in [-0.4, -0.2) is 114 Å². The minimum absolute atomic E-state index is 0.000425. The molecule has 4 heterocycles. The van der Waals surface area contributed by atoms with Gasteiger partial charge in [0, 0.05) is 5.56 Å². The van der Waals surface area contributed by atoms with Crippen molar-refractivity contribution in [3.05, 3.63) is 144 Å². The zero-order valence-electron chi connectivity index (χ0n) is 35.8. The second kappa shape index (κ2) is 19.9. The van der Waals surface area contributed by atoms with E-state index in [2.05, 4.69) is 20.3 Å². The van der Waals surface area contributed by atoms with E-state index >= 15 is 0 Å². The molecule has 0 bridgehead atoms. The third-order valence-electron chi connectivity index (χ3n) is 10.9. The first-order valence-electron chi connectivity index (χ1n) is 20.8. The molecule has 65 heavy (non-hydrogen) atoms. The molecule has 2 N–H and O–H groups in total. The van der Waals surface area contributed by atoms with Crippen LogP contribution in [0.3, 0.4) is 0 Å². The van der Waals surface area contributed by atoms with E-state index in [4.69, 9.17) is 42.6 Å². The van der Waals surface area contributed by atoms with Gasteiger partial charge in [0.15, 0.2) is 35.4 Å². The molecule has 2 fully saturated rings. The van der Waals surface area contributed by atoms with Crippen LogP contribution in [0, 0.1) is 0 Å². The molecule has 0 aliphatic carbocycles. The van der Waals surface area contributed by atoms with Gasteiger partial charge in [0.25, 0.3) is 12.4 Å². The number of hydrogen-bond donors (Lipinski definition) is 2. The Balaban J connectivity index is 1.17. The Bertz CT molecular complexity index is 2490. The van der Waals surface area contributed by atoms with Gasteiger partial charge < -0.3 is 53.1 Å². The first-order chi connectivity index (χ1) is 31.7. The Morgan fingerprint density at radius 1 is 0.723 bits per heavy atom. The maximum atomic E-state index is 13.2. The van der Waals surface area contributed by atoms with Gasteiger partial charge in [-0.2, -0.15) is 0 Å². The van der Waals surface area contributed by atoms with Gasteiger partial charge in [0.1, 0.15) is 41.7 Å². The number of nitrogens with zero attached hydrogens (tertiary/aromatic N) is 4. The lowest BCUT2D eigenvalue weighted by molar-refractivity contribution is -0.280. The lowest BCUT2D eigenvalue weighted by Gasteiger charge is -2.37. The van der Waals surface area contributed by atoms with Crippen molar-refractivity contribution in [3.63, 3.8) is 0 Å². The van der Waals surface area contributed by atoms with Crippen LogP contribution < -0.4 is 14.8 Å². The van der Waals surface area contributed by atoms with Gasteiger partial charge in [0.2, 0.25) is 0 Å². The summed E-state index contributed by atoms with van der Waals surface area (Å²) < 4.78 is 54.7. The molecule has 4 aromatic carbocycles. The molecule has 338 valence electrons. The number of nitrogens with one attached hydrogen (secondary N) is 1. The monoisotopic (exact) mass is 889 g/mol. The van der Waals surface area contributed by atoms with Gasteiger partial charge in [-0.1, -0.05) is 72.8 Å². The number of aliphatic hydroxyl groups excluding tert-OH is 1. The lowest BCUT2D eigenvalue weighted by atomic mass is 9.80. The van der Waals surface area contributed by atoms with Crippen molar-refractivity contribution in [3.8, 4) is 11.5 Å². The van der Waals surface area contributed by atoms with Gasteiger partial charge in [0.05, 0.1) is 40.4 Å². The summed E-state index contributed by atoms with van der Waals surface area (Å²) in [5.74, 6) is -0.798. The second-order valence-corrected chi connectivity index (χ2v) is 14.7. The van der Waals surface area contributed by atoms with Crippen molar-refractivity contribution in [2.75, 3.05) is 39.4 Å². The summed E-state index contributed by atoms with van der Waals surface area (Å²) in [4.78, 5) is 52.5. The van der Waals surface area contributed by atoms with E-state index in [9.17, 15) is 19.5 Å². The number of ether oxygens (including phenoxy) is 9. The molecule has 6 atom stereocenters. The van der Waals surface area contributed by atoms with Crippen molar-refractivity contribution >= 4 is 34.8 Å². The average molecular weight is 890 g/mol. The third kappa shape index (κ3) is 9.13. The summed E-state index contributed by atoms with van der Waals surface area (Å²) in [5, 5.41) is 15.1. The number of aliphatic hydroxyl groups is 1. The molecule has 18 heteroatoms. The number of aromatic nitrogens is 4. The SMILES string of the molecule is CCOC(=O)C1OC(O[C@@H]2[C@H](O)[C@@H](COC(c3ccccc3)(c3ccc(OC)cc3)c3ccc(OC)cc3)O[C@H]2n2cnc3c(NC(=O)c4ccccc4)ncnc32)OC1C(=O)OCC. The average Bonchev–Trinajstić information content (AvgIpc) is 4.06. The summed E-state index contributed by atoms with van der Waals surface area (Å²) >= 11 is 0. The van der Waals surface area contributed by atoms with Crippen LogP contribution in [0.2, 0.25) is 0 Å². The number of imidazole rings is 1. The molecule has 0 radical (unpaired) electrons. The molecule has 0 saturated carbocycles. The Morgan fingerprint density at radius 2 is 1.28 bits per heavy atom. The lowest BCUT2D eigenvalue weighted by Crippen LogP contribution is -2.41. The first-order valence-corrected chi connectivity index (χ1v) is 20.8. The van der Waals surface area contributed by atoms with Crippen LogP contribution in [0.25, 0.3) is 11.2 Å². The smallest absolute Gasteiger partial charge is 0.338 e. The van der Waals surface area contributed by atoms with E-state index in [1.54, 1.807) is 58.4 Å². The Kier molecular flexibility index (Phi) is 13.7. The number of fused-ring (bicyclic) bond motifs is 1. The molecule has 2 unspecified atom stereocenters. The third-order valence-corrected chi connectivity index (χ3v) is 10.9. The van der Waals surface area contributed by atoms with Crippen molar-refractivity contribution in [2.45, 2.75) is 62.7 Å². The summed E-state index contributed by atoms with van der Waals surface area (Å²) in [6.07, 6.45) is -5.67. The fourth-order valence-electron chi connectivity index (χ4n) is 7.82. The summed E-state index contributed by atoms with van der Waals surface area (Å²) in [5.41, 5.74) is 1.73. The Labute approximate surface area is 373 Å². The summed E-state index contributed by atoms with van der Waals surface area (Å²) in [7, 11) is 3.17. The molecular weight excluding hydrogens is 843 g/mol. The molecule has 6 aromatic rings. The van der Waals surface area contributed by atoms with Crippen LogP contribution in [0.1, 0.15) is 47.1 Å².